The fourth-order valence-electron chi connectivity index (χ4n) is 4.09. The van der Waals surface area contributed by atoms with Gasteiger partial charge in [-0.2, -0.15) is 0 Å². The topological polar surface area (TPSA) is 35.6 Å². The summed E-state index contributed by atoms with van der Waals surface area (Å²) in [6, 6.07) is 24.9. The van der Waals surface area contributed by atoms with Crippen LogP contribution in [0.1, 0.15) is 34.5 Å². The summed E-state index contributed by atoms with van der Waals surface area (Å²) >= 11 is 0. The molecule has 4 nitrogen and oxygen atoms in total. The highest BCUT2D eigenvalue weighted by Gasteiger charge is 2.18. The largest absolute Gasteiger partial charge is 0.369 e. The maximum atomic E-state index is 13.2. The lowest BCUT2D eigenvalue weighted by atomic mass is 9.99. The van der Waals surface area contributed by atoms with Crippen LogP contribution in [-0.2, 0) is 0 Å². The van der Waals surface area contributed by atoms with E-state index in [0.717, 1.165) is 54.1 Å². The number of piperazine rings is 1. The Labute approximate surface area is 185 Å². The van der Waals surface area contributed by atoms with E-state index in [2.05, 4.69) is 70.7 Å². The molecule has 1 amide bonds. The van der Waals surface area contributed by atoms with Gasteiger partial charge in [-0.3, -0.25) is 4.79 Å². The molecule has 160 valence electrons. The molecule has 1 heterocycles. The van der Waals surface area contributed by atoms with E-state index < -0.39 is 0 Å². The van der Waals surface area contributed by atoms with Gasteiger partial charge in [0.2, 0.25) is 0 Å². The van der Waals surface area contributed by atoms with E-state index in [9.17, 15) is 4.79 Å². The Morgan fingerprint density at radius 1 is 0.871 bits per heavy atom. The van der Waals surface area contributed by atoms with Crippen molar-refractivity contribution in [2.24, 2.45) is 0 Å². The van der Waals surface area contributed by atoms with Crippen LogP contribution in [0.25, 0.3) is 11.1 Å². The Hall–Kier alpha value is -3.11. The predicted octanol–water partition coefficient (Wildman–Crippen LogP) is 4.90. The van der Waals surface area contributed by atoms with Gasteiger partial charge in [0.15, 0.2) is 0 Å². The summed E-state index contributed by atoms with van der Waals surface area (Å²) in [5, 5.41) is 3.20. The molecule has 3 aromatic carbocycles. The van der Waals surface area contributed by atoms with Crippen molar-refractivity contribution in [3.63, 3.8) is 0 Å². The van der Waals surface area contributed by atoms with Gasteiger partial charge in [0.1, 0.15) is 0 Å². The zero-order valence-corrected chi connectivity index (χ0v) is 18.6. The SMILES string of the molecule is Cc1ccc(N2CCN(C)CC2)cc1C(=O)N[C@H](C)c1cccc(-c2ccccc2)c1. The molecule has 0 aromatic heterocycles. The molecule has 0 unspecified atom stereocenters. The van der Waals surface area contributed by atoms with E-state index in [0.29, 0.717) is 0 Å². The van der Waals surface area contributed by atoms with Crippen molar-refractivity contribution in [1.82, 2.24) is 10.2 Å². The fraction of sp³-hybridized carbons (Fsp3) is 0.296. The molecule has 1 fully saturated rings. The standard InChI is InChI=1S/C27H31N3O/c1-20-12-13-25(30-16-14-29(3)15-17-30)19-26(20)27(31)28-21(2)23-10-7-11-24(18-23)22-8-5-4-6-9-22/h4-13,18-19,21H,14-17H2,1-3H3,(H,28,31)/t21-/m1/s1. The van der Waals surface area contributed by atoms with Crippen molar-refractivity contribution < 1.29 is 4.79 Å². The predicted molar refractivity (Wildman–Crippen MR) is 129 cm³/mol. The number of anilines is 1. The van der Waals surface area contributed by atoms with Crippen LogP contribution in [0.5, 0.6) is 0 Å². The average molecular weight is 414 g/mol. The van der Waals surface area contributed by atoms with Gasteiger partial charge in [0.05, 0.1) is 6.04 Å². The third-order valence-electron chi connectivity index (χ3n) is 6.18. The summed E-state index contributed by atoms with van der Waals surface area (Å²) in [5.41, 5.74) is 6.32. The van der Waals surface area contributed by atoms with Gasteiger partial charge >= 0.3 is 0 Å². The van der Waals surface area contributed by atoms with Gasteiger partial charge in [-0.05, 0) is 61.3 Å². The van der Waals surface area contributed by atoms with Crippen LogP contribution in [0.4, 0.5) is 5.69 Å². The second-order valence-corrected chi connectivity index (χ2v) is 8.48. The first-order chi connectivity index (χ1) is 15.0. The number of nitrogens with one attached hydrogen (secondary N) is 1. The number of rotatable bonds is 5. The lowest BCUT2D eigenvalue weighted by Gasteiger charge is -2.34. The minimum Gasteiger partial charge on any atom is -0.369 e. The van der Waals surface area contributed by atoms with E-state index >= 15 is 0 Å². The monoisotopic (exact) mass is 413 g/mol. The Balaban J connectivity index is 1.50. The molecule has 4 heteroatoms. The number of nitrogens with zero attached hydrogens (tertiary/aromatic N) is 2. The lowest BCUT2D eigenvalue weighted by Crippen LogP contribution is -2.44. The molecule has 1 saturated heterocycles. The molecule has 0 spiro atoms. The number of hydrogen-bond acceptors (Lipinski definition) is 3. The van der Waals surface area contributed by atoms with E-state index in [-0.39, 0.29) is 11.9 Å². The van der Waals surface area contributed by atoms with Gasteiger partial charge < -0.3 is 15.1 Å². The molecule has 1 aliphatic rings. The molecule has 0 bridgehead atoms. The van der Waals surface area contributed by atoms with Gasteiger partial charge in [-0.1, -0.05) is 54.6 Å². The van der Waals surface area contributed by atoms with Gasteiger partial charge in [-0.15, -0.1) is 0 Å². The van der Waals surface area contributed by atoms with Crippen LogP contribution >= 0.6 is 0 Å². The van der Waals surface area contributed by atoms with Gasteiger partial charge in [0.25, 0.3) is 5.91 Å². The van der Waals surface area contributed by atoms with Crippen LogP contribution in [-0.4, -0.2) is 44.0 Å². The van der Waals surface area contributed by atoms with E-state index in [1.807, 2.05) is 38.1 Å². The smallest absolute Gasteiger partial charge is 0.252 e. The molecule has 1 atom stereocenters. The van der Waals surface area contributed by atoms with Crippen molar-refractivity contribution in [2.45, 2.75) is 19.9 Å². The number of aryl methyl sites for hydroxylation is 1. The normalized spacial score (nSPS) is 15.5. The second-order valence-electron chi connectivity index (χ2n) is 8.48. The highest BCUT2D eigenvalue weighted by atomic mass is 16.1. The van der Waals surface area contributed by atoms with Crippen molar-refractivity contribution in [3.8, 4) is 11.1 Å². The Bertz CT molecular complexity index is 1040. The van der Waals surface area contributed by atoms with Crippen molar-refractivity contribution in [2.75, 3.05) is 38.1 Å². The van der Waals surface area contributed by atoms with Crippen LogP contribution in [0, 0.1) is 6.92 Å². The van der Waals surface area contributed by atoms with Crippen LogP contribution in [0.3, 0.4) is 0 Å². The van der Waals surface area contributed by atoms with Gasteiger partial charge in [-0.25, -0.2) is 0 Å². The maximum absolute atomic E-state index is 13.2. The minimum atomic E-state index is -0.0807. The van der Waals surface area contributed by atoms with E-state index in [1.165, 1.54) is 5.56 Å². The first kappa shape index (κ1) is 21.1. The Morgan fingerprint density at radius 3 is 2.32 bits per heavy atom. The van der Waals surface area contributed by atoms with Crippen LogP contribution < -0.4 is 10.2 Å². The Kier molecular flexibility index (Phi) is 6.38. The summed E-state index contributed by atoms with van der Waals surface area (Å²) < 4.78 is 0. The van der Waals surface area contributed by atoms with Crippen LogP contribution in [0.15, 0.2) is 72.8 Å². The summed E-state index contributed by atoms with van der Waals surface area (Å²) in [4.78, 5) is 17.9. The van der Waals surface area contributed by atoms with Crippen molar-refractivity contribution in [1.29, 1.82) is 0 Å². The molecule has 31 heavy (non-hydrogen) atoms. The van der Waals surface area contributed by atoms with Crippen LogP contribution in [0.2, 0.25) is 0 Å². The van der Waals surface area contributed by atoms with Crippen molar-refractivity contribution in [3.05, 3.63) is 89.5 Å². The Morgan fingerprint density at radius 2 is 1.58 bits per heavy atom. The molecule has 0 aliphatic carbocycles. The summed E-state index contributed by atoms with van der Waals surface area (Å²) in [7, 11) is 2.15. The molecule has 1 N–H and O–H groups in total. The summed E-state index contributed by atoms with van der Waals surface area (Å²) in [6.45, 7) is 8.12. The molecular weight excluding hydrogens is 382 g/mol. The van der Waals surface area contributed by atoms with Gasteiger partial charge in [0, 0.05) is 37.4 Å². The zero-order chi connectivity index (χ0) is 21.8. The average Bonchev–Trinajstić information content (AvgIpc) is 2.80. The molecule has 3 aromatic rings. The molecular formula is C27H31N3O. The summed E-state index contributed by atoms with van der Waals surface area (Å²) in [5.74, 6) is -0.0221. The highest BCUT2D eigenvalue weighted by Crippen LogP contribution is 2.25. The zero-order valence-electron chi connectivity index (χ0n) is 18.6. The first-order valence-electron chi connectivity index (χ1n) is 11.0. The number of benzene rings is 3. The minimum absolute atomic E-state index is 0.0221. The molecule has 1 aliphatic heterocycles. The molecule has 4 rings (SSSR count). The van der Waals surface area contributed by atoms with E-state index in [1.54, 1.807) is 0 Å². The number of carbonyl (C=O) groups is 1. The van der Waals surface area contributed by atoms with E-state index in [4.69, 9.17) is 0 Å². The number of amides is 1. The lowest BCUT2D eigenvalue weighted by molar-refractivity contribution is 0.0939. The number of hydrogen-bond donors (Lipinski definition) is 1. The first-order valence-corrected chi connectivity index (χ1v) is 11.0. The third-order valence-corrected chi connectivity index (χ3v) is 6.18. The fourth-order valence-corrected chi connectivity index (χ4v) is 4.09. The number of likely N-dealkylation sites (N-methyl/N-ethyl adjacent to an activating group) is 1. The molecule has 0 radical (unpaired) electrons. The maximum Gasteiger partial charge on any atom is 0.252 e. The second kappa shape index (κ2) is 9.36. The highest BCUT2D eigenvalue weighted by molar-refractivity contribution is 5.96. The third kappa shape index (κ3) is 4.97. The molecule has 0 saturated carbocycles. The van der Waals surface area contributed by atoms with Crippen molar-refractivity contribution >= 4 is 11.6 Å². The quantitative estimate of drug-likeness (QED) is 0.646. The number of carbonyl (C=O) groups excluding carboxylic acids is 1. The summed E-state index contributed by atoms with van der Waals surface area (Å²) in [6.07, 6.45) is 0.